The number of hydrogen-bond acceptors (Lipinski definition) is 4. The maximum absolute atomic E-state index is 10.2. The highest BCUT2D eigenvalue weighted by molar-refractivity contribution is 5.17. The minimum atomic E-state index is -0.969. The highest BCUT2D eigenvalue weighted by Gasteiger charge is 2.25. The summed E-state index contributed by atoms with van der Waals surface area (Å²) in [5, 5.41) is 17.9. The fourth-order valence-electron chi connectivity index (χ4n) is 1.50. The molecular weight excluding hydrogens is 194 g/mol. The molecule has 0 spiro atoms. The average molecular weight is 207 g/mol. The van der Waals surface area contributed by atoms with Gasteiger partial charge in [0.05, 0.1) is 23.8 Å². The summed E-state index contributed by atoms with van der Waals surface area (Å²) in [5.41, 5.74) is 0.528. The van der Waals surface area contributed by atoms with Crippen LogP contribution in [0.1, 0.15) is 18.2 Å². The van der Waals surface area contributed by atoms with Crippen LogP contribution in [0.25, 0.3) is 0 Å². The first-order valence-corrected chi connectivity index (χ1v) is 4.68. The molecule has 5 nitrogen and oxygen atoms in total. The molecule has 0 aromatic carbocycles. The molecule has 5 heteroatoms. The van der Waals surface area contributed by atoms with Gasteiger partial charge in [0.1, 0.15) is 0 Å². The molecule has 1 N–H and O–H groups in total. The van der Waals surface area contributed by atoms with Gasteiger partial charge >= 0.3 is 0 Å². The summed E-state index contributed by atoms with van der Waals surface area (Å²) in [6.07, 6.45) is 5.28. The van der Waals surface area contributed by atoms with Crippen molar-refractivity contribution < 1.29 is 9.52 Å². The Labute approximate surface area is 87.3 Å². The van der Waals surface area contributed by atoms with E-state index in [1.54, 1.807) is 37.2 Å². The predicted octanol–water partition coefficient (Wildman–Crippen LogP) is 0.858. The Balaban J connectivity index is 2.18. The number of furan rings is 1. The molecule has 0 bridgehead atoms. The zero-order valence-electron chi connectivity index (χ0n) is 8.71. The molecule has 1 atom stereocenters. The van der Waals surface area contributed by atoms with E-state index in [-0.39, 0.29) is 0 Å². The monoisotopic (exact) mass is 207 g/mol. The number of hydrogen-bond donors (Lipinski definition) is 1. The molecule has 0 aliphatic rings. The van der Waals surface area contributed by atoms with Crippen molar-refractivity contribution in [3.8, 4) is 0 Å². The van der Waals surface area contributed by atoms with Crippen LogP contribution < -0.4 is 0 Å². The Morgan fingerprint density at radius 2 is 2.40 bits per heavy atom. The Bertz CT molecular complexity index is 431. The molecule has 80 valence electrons. The van der Waals surface area contributed by atoms with Crippen molar-refractivity contribution in [1.82, 2.24) is 15.0 Å². The van der Waals surface area contributed by atoms with Gasteiger partial charge in [-0.25, -0.2) is 0 Å². The highest BCUT2D eigenvalue weighted by atomic mass is 16.3. The van der Waals surface area contributed by atoms with Crippen LogP contribution in [-0.2, 0) is 19.1 Å². The lowest BCUT2D eigenvalue weighted by molar-refractivity contribution is 0.0559. The van der Waals surface area contributed by atoms with Crippen LogP contribution in [0.2, 0.25) is 0 Å². The predicted molar refractivity (Wildman–Crippen MR) is 53.0 cm³/mol. The molecule has 0 radical (unpaired) electrons. The Morgan fingerprint density at radius 3 is 2.93 bits per heavy atom. The third-order valence-corrected chi connectivity index (χ3v) is 2.32. The van der Waals surface area contributed by atoms with Gasteiger partial charge in [-0.15, -0.1) is 5.10 Å². The number of aromatic nitrogens is 3. The van der Waals surface area contributed by atoms with E-state index in [1.165, 1.54) is 6.26 Å². The second-order valence-electron chi connectivity index (χ2n) is 3.85. The van der Waals surface area contributed by atoms with Crippen LogP contribution in [0, 0.1) is 0 Å². The quantitative estimate of drug-likeness (QED) is 0.810. The van der Waals surface area contributed by atoms with Gasteiger partial charge in [-0.3, -0.25) is 4.68 Å². The maximum atomic E-state index is 10.2. The van der Waals surface area contributed by atoms with E-state index in [9.17, 15) is 5.11 Å². The van der Waals surface area contributed by atoms with Crippen molar-refractivity contribution in [2.75, 3.05) is 0 Å². The number of nitrogens with zero attached hydrogens (tertiary/aromatic N) is 3. The minimum absolute atomic E-state index is 0.417. The molecule has 2 aromatic rings. The van der Waals surface area contributed by atoms with Crippen LogP contribution in [0.5, 0.6) is 0 Å². The number of rotatable bonds is 3. The van der Waals surface area contributed by atoms with Gasteiger partial charge in [0, 0.05) is 25.2 Å². The molecule has 15 heavy (non-hydrogen) atoms. The molecule has 1 unspecified atom stereocenters. The van der Waals surface area contributed by atoms with Crippen LogP contribution in [0.15, 0.2) is 29.2 Å². The summed E-state index contributed by atoms with van der Waals surface area (Å²) in [6, 6.07) is 1.75. The summed E-state index contributed by atoms with van der Waals surface area (Å²) < 4.78 is 6.55. The Morgan fingerprint density at radius 1 is 1.60 bits per heavy atom. The van der Waals surface area contributed by atoms with E-state index in [1.807, 2.05) is 0 Å². The molecule has 2 heterocycles. The molecule has 2 rings (SSSR count). The fourth-order valence-corrected chi connectivity index (χ4v) is 1.50. The third-order valence-electron chi connectivity index (χ3n) is 2.32. The van der Waals surface area contributed by atoms with E-state index in [0.29, 0.717) is 6.42 Å². The second kappa shape index (κ2) is 3.51. The lowest BCUT2D eigenvalue weighted by atomic mass is 9.94. The third kappa shape index (κ3) is 2.07. The minimum Gasteiger partial charge on any atom is -0.472 e. The van der Waals surface area contributed by atoms with Gasteiger partial charge in [0.2, 0.25) is 0 Å². The van der Waals surface area contributed by atoms with E-state index in [2.05, 4.69) is 10.3 Å². The van der Waals surface area contributed by atoms with Crippen molar-refractivity contribution >= 4 is 0 Å². The molecule has 0 aliphatic heterocycles. The van der Waals surface area contributed by atoms with E-state index >= 15 is 0 Å². The lowest BCUT2D eigenvalue weighted by Gasteiger charge is -2.19. The van der Waals surface area contributed by atoms with Crippen LogP contribution in [0.3, 0.4) is 0 Å². The maximum Gasteiger partial charge on any atom is 0.0963 e. The summed E-state index contributed by atoms with van der Waals surface area (Å²) in [6.45, 7) is 1.73. The topological polar surface area (TPSA) is 64.1 Å². The van der Waals surface area contributed by atoms with Crippen molar-refractivity contribution in [3.63, 3.8) is 0 Å². The lowest BCUT2D eigenvalue weighted by Crippen LogP contribution is -2.23. The normalized spacial score (nSPS) is 15.1. The molecule has 0 saturated carbocycles. The Hall–Kier alpha value is -1.62. The van der Waals surface area contributed by atoms with Crippen molar-refractivity contribution in [3.05, 3.63) is 36.0 Å². The first kappa shape index (κ1) is 9.92. The SMILES string of the molecule is Cn1cc(CC(C)(O)c2ccoc2)nn1. The fraction of sp³-hybridized carbons (Fsp3) is 0.400. The van der Waals surface area contributed by atoms with E-state index < -0.39 is 5.60 Å². The van der Waals surface area contributed by atoms with Gasteiger partial charge in [-0.1, -0.05) is 5.21 Å². The van der Waals surface area contributed by atoms with Gasteiger partial charge in [0.15, 0.2) is 0 Å². The molecule has 0 aliphatic carbocycles. The zero-order valence-corrected chi connectivity index (χ0v) is 8.71. The van der Waals surface area contributed by atoms with Gasteiger partial charge in [-0.2, -0.15) is 0 Å². The van der Waals surface area contributed by atoms with Gasteiger partial charge < -0.3 is 9.52 Å². The molecule has 0 fully saturated rings. The summed E-state index contributed by atoms with van der Waals surface area (Å²) in [4.78, 5) is 0. The van der Waals surface area contributed by atoms with Crippen LogP contribution >= 0.6 is 0 Å². The van der Waals surface area contributed by atoms with Crippen molar-refractivity contribution in [2.24, 2.45) is 7.05 Å². The van der Waals surface area contributed by atoms with Crippen LogP contribution in [0.4, 0.5) is 0 Å². The van der Waals surface area contributed by atoms with E-state index in [0.717, 1.165) is 11.3 Å². The molecular formula is C10H13N3O2. The molecule has 2 aromatic heterocycles. The molecule has 0 amide bonds. The van der Waals surface area contributed by atoms with Gasteiger partial charge in [-0.05, 0) is 13.0 Å². The average Bonchev–Trinajstić information content (AvgIpc) is 2.75. The number of aliphatic hydroxyl groups is 1. The highest BCUT2D eigenvalue weighted by Crippen LogP contribution is 2.24. The second-order valence-corrected chi connectivity index (χ2v) is 3.85. The van der Waals surface area contributed by atoms with Crippen LogP contribution in [-0.4, -0.2) is 20.1 Å². The zero-order chi connectivity index (χ0) is 10.9. The van der Waals surface area contributed by atoms with E-state index in [4.69, 9.17) is 4.42 Å². The van der Waals surface area contributed by atoms with Crippen molar-refractivity contribution in [2.45, 2.75) is 18.9 Å². The summed E-state index contributed by atoms with van der Waals surface area (Å²) >= 11 is 0. The Kier molecular flexibility index (Phi) is 2.32. The van der Waals surface area contributed by atoms with Gasteiger partial charge in [0.25, 0.3) is 0 Å². The smallest absolute Gasteiger partial charge is 0.0963 e. The standard InChI is InChI=1S/C10H13N3O2/c1-10(14,8-3-4-15-7-8)5-9-6-13(2)12-11-9/h3-4,6-7,14H,5H2,1-2H3. The van der Waals surface area contributed by atoms with Crippen molar-refractivity contribution in [1.29, 1.82) is 0 Å². The summed E-state index contributed by atoms with van der Waals surface area (Å²) in [7, 11) is 1.79. The summed E-state index contributed by atoms with van der Waals surface area (Å²) in [5.74, 6) is 0. The first-order valence-electron chi connectivity index (χ1n) is 4.68. The first-order chi connectivity index (χ1) is 7.08. The number of aryl methyl sites for hydroxylation is 1. The molecule has 0 saturated heterocycles. The largest absolute Gasteiger partial charge is 0.472 e.